The highest BCUT2D eigenvalue weighted by atomic mass is 19.4. The van der Waals surface area contributed by atoms with Crippen molar-refractivity contribution < 1.29 is 41.0 Å². The number of amides is 2. The number of rotatable bonds is 5. The van der Waals surface area contributed by atoms with Gasteiger partial charge in [0.2, 0.25) is 5.82 Å². The van der Waals surface area contributed by atoms with Crippen molar-refractivity contribution in [1.29, 1.82) is 0 Å². The number of hydrogen-bond acceptors (Lipinski definition) is 5. The highest BCUT2D eigenvalue weighted by Gasteiger charge is 2.65. The number of nitrogens with two attached hydrogens (primary N) is 1. The lowest BCUT2D eigenvalue weighted by molar-refractivity contribution is -0.272. The number of carbonyl (C=O) groups is 2. The Bertz CT molecular complexity index is 1090. The van der Waals surface area contributed by atoms with Crippen molar-refractivity contribution >= 4 is 17.6 Å². The monoisotopic (exact) mass is 473 g/mol. The van der Waals surface area contributed by atoms with E-state index in [-0.39, 0.29) is 17.1 Å². The second kappa shape index (κ2) is 8.58. The van der Waals surface area contributed by atoms with Gasteiger partial charge in [0.1, 0.15) is 17.6 Å². The number of ether oxygens (including phenoxy) is 2. The van der Waals surface area contributed by atoms with Gasteiger partial charge in [0.15, 0.2) is 17.2 Å². The molecular weight excluding hydrogens is 453 g/mol. The maximum absolute atomic E-state index is 14.3. The number of anilines is 1. The Hall–Kier alpha value is -3.28. The van der Waals surface area contributed by atoms with Gasteiger partial charge >= 0.3 is 6.18 Å². The maximum Gasteiger partial charge on any atom is 0.417 e. The number of pyridine rings is 1. The van der Waals surface area contributed by atoms with Crippen LogP contribution in [0.2, 0.25) is 0 Å². The van der Waals surface area contributed by atoms with E-state index in [0.717, 1.165) is 26.2 Å². The molecule has 1 fully saturated rings. The predicted molar refractivity (Wildman–Crippen MR) is 106 cm³/mol. The predicted octanol–water partition coefficient (Wildman–Crippen LogP) is 3.55. The molecule has 33 heavy (non-hydrogen) atoms. The lowest BCUT2D eigenvalue weighted by Crippen LogP contribution is -2.47. The number of aromatic nitrogens is 1. The topological polar surface area (TPSA) is 104 Å². The minimum Gasteiger partial charge on any atom is -0.493 e. The quantitative estimate of drug-likeness (QED) is 0.647. The first-order valence-electron chi connectivity index (χ1n) is 9.66. The SMILES string of the molecule is COc1c([C@@H]2[C@@H](C)[C@@](C)(C(F)(F)F)O[C@H]2C(=O)Nc2cccc(C(N)=O)n2)ccc(F)c1F. The zero-order valence-electron chi connectivity index (χ0n) is 17.7. The molecule has 7 nitrogen and oxygen atoms in total. The molecule has 0 spiro atoms. The van der Waals surface area contributed by atoms with Crippen LogP contribution in [-0.4, -0.2) is 41.8 Å². The third-order valence-corrected chi connectivity index (χ3v) is 5.82. The van der Waals surface area contributed by atoms with E-state index in [4.69, 9.17) is 15.2 Å². The van der Waals surface area contributed by atoms with E-state index < -0.39 is 58.9 Å². The summed E-state index contributed by atoms with van der Waals surface area (Å²) in [5, 5.41) is 2.29. The van der Waals surface area contributed by atoms with Crippen LogP contribution in [0.5, 0.6) is 5.75 Å². The summed E-state index contributed by atoms with van der Waals surface area (Å²) >= 11 is 0. The molecule has 0 radical (unpaired) electrons. The molecule has 4 atom stereocenters. The Morgan fingerprint density at radius 3 is 2.45 bits per heavy atom. The number of nitrogens with zero attached hydrogens (tertiary/aromatic N) is 1. The van der Waals surface area contributed by atoms with E-state index in [9.17, 15) is 31.5 Å². The molecule has 1 aliphatic heterocycles. The van der Waals surface area contributed by atoms with E-state index in [1.807, 2.05) is 0 Å². The number of methoxy groups -OCH3 is 1. The molecule has 1 saturated heterocycles. The molecule has 1 aromatic carbocycles. The lowest BCUT2D eigenvalue weighted by atomic mass is 9.77. The van der Waals surface area contributed by atoms with Crippen LogP contribution in [0, 0.1) is 17.6 Å². The van der Waals surface area contributed by atoms with Crippen molar-refractivity contribution in [3.63, 3.8) is 0 Å². The van der Waals surface area contributed by atoms with Crippen LogP contribution in [0.15, 0.2) is 30.3 Å². The van der Waals surface area contributed by atoms with Gasteiger partial charge in [-0.05, 0) is 25.1 Å². The first-order valence-corrected chi connectivity index (χ1v) is 9.66. The minimum atomic E-state index is -4.89. The third kappa shape index (κ3) is 4.22. The maximum atomic E-state index is 14.3. The summed E-state index contributed by atoms with van der Waals surface area (Å²) < 4.78 is 80.0. The fraction of sp³-hybridized carbons (Fsp3) is 0.381. The lowest BCUT2D eigenvalue weighted by Gasteiger charge is -2.32. The number of carbonyl (C=O) groups excluding carboxylic acids is 2. The summed E-state index contributed by atoms with van der Waals surface area (Å²) in [7, 11) is 1.03. The fourth-order valence-corrected chi connectivity index (χ4v) is 3.88. The first kappa shape index (κ1) is 24.4. The molecule has 12 heteroatoms. The van der Waals surface area contributed by atoms with Crippen LogP contribution in [0.3, 0.4) is 0 Å². The zero-order chi connectivity index (χ0) is 24.7. The fourth-order valence-electron chi connectivity index (χ4n) is 3.88. The van der Waals surface area contributed by atoms with Crippen LogP contribution < -0.4 is 15.8 Å². The Morgan fingerprint density at radius 2 is 1.88 bits per heavy atom. The molecule has 1 aromatic heterocycles. The highest BCUT2D eigenvalue weighted by Crippen LogP contribution is 2.54. The summed E-state index contributed by atoms with van der Waals surface area (Å²) in [4.78, 5) is 28.2. The first-order chi connectivity index (χ1) is 15.3. The van der Waals surface area contributed by atoms with Crippen LogP contribution in [0.25, 0.3) is 0 Å². The Morgan fingerprint density at radius 1 is 1.21 bits per heavy atom. The molecular formula is C21H20F5N3O4. The van der Waals surface area contributed by atoms with Crippen LogP contribution in [0.1, 0.15) is 35.8 Å². The summed E-state index contributed by atoms with van der Waals surface area (Å²) in [5.74, 6) is -8.17. The van der Waals surface area contributed by atoms with Crippen LogP contribution >= 0.6 is 0 Å². The molecule has 178 valence electrons. The number of primary amides is 1. The van der Waals surface area contributed by atoms with Gasteiger partial charge in [0, 0.05) is 17.4 Å². The molecule has 0 aliphatic carbocycles. The van der Waals surface area contributed by atoms with E-state index in [2.05, 4.69) is 10.3 Å². The summed E-state index contributed by atoms with van der Waals surface area (Å²) in [6.07, 6.45) is -6.68. The van der Waals surface area contributed by atoms with Gasteiger partial charge < -0.3 is 20.5 Å². The van der Waals surface area contributed by atoms with Crippen molar-refractivity contribution in [2.45, 2.75) is 37.6 Å². The normalized spacial score (nSPS) is 25.0. The number of nitrogens with one attached hydrogen (secondary N) is 1. The molecule has 2 aromatic rings. The van der Waals surface area contributed by atoms with Gasteiger partial charge in [-0.2, -0.15) is 17.6 Å². The van der Waals surface area contributed by atoms with Crippen molar-refractivity contribution in [2.75, 3.05) is 12.4 Å². The van der Waals surface area contributed by atoms with Crippen LogP contribution in [0.4, 0.5) is 27.8 Å². The molecule has 0 unspecified atom stereocenters. The van der Waals surface area contributed by atoms with Gasteiger partial charge in [-0.25, -0.2) is 9.37 Å². The van der Waals surface area contributed by atoms with E-state index in [0.29, 0.717) is 0 Å². The largest absolute Gasteiger partial charge is 0.493 e. The van der Waals surface area contributed by atoms with E-state index in [1.165, 1.54) is 25.1 Å². The summed E-state index contributed by atoms with van der Waals surface area (Å²) in [6.45, 7) is 1.97. The summed E-state index contributed by atoms with van der Waals surface area (Å²) in [6, 6.07) is 5.71. The van der Waals surface area contributed by atoms with Crippen molar-refractivity contribution in [1.82, 2.24) is 4.98 Å². The van der Waals surface area contributed by atoms with Gasteiger partial charge in [-0.15, -0.1) is 0 Å². The Balaban J connectivity index is 2.07. The zero-order valence-corrected chi connectivity index (χ0v) is 17.7. The van der Waals surface area contributed by atoms with Gasteiger partial charge in [-0.3, -0.25) is 9.59 Å². The third-order valence-electron chi connectivity index (χ3n) is 5.82. The number of alkyl halides is 3. The summed E-state index contributed by atoms with van der Waals surface area (Å²) in [5.41, 5.74) is 2.00. The van der Waals surface area contributed by atoms with Gasteiger partial charge in [0.25, 0.3) is 11.8 Å². The smallest absolute Gasteiger partial charge is 0.417 e. The highest BCUT2D eigenvalue weighted by molar-refractivity contribution is 5.96. The second-order valence-corrected chi connectivity index (χ2v) is 7.70. The average Bonchev–Trinajstić information content (AvgIpc) is 3.02. The second-order valence-electron chi connectivity index (χ2n) is 7.70. The van der Waals surface area contributed by atoms with Crippen LogP contribution in [-0.2, 0) is 9.53 Å². The molecule has 0 bridgehead atoms. The molecule has 3 N–H and O–H groups in total. The molecule has 2 heterocycles. The standard InChI is InChI=1S/C21H20F5N3O4/c1-9-14(10-7-8-11(22)15(23)16(10)32-3)17(33-20(9,2)21(24,25)26)19(31)29-13-6-4-5-12(28-13)18(27)30/h4-9,14,17H,1-3H3,(H2,27,30)(H,28,29,31)/t9-,14+,17-,20+/m1/s1. The molecule has 0 saturated carbocycles. The Kier molecular flexibility index (Phi) is 6.33. The molecule has 1 aliphatic rings. The molecule has 3 rings (SSSR count). The van der Waals surface area contributed by atoms with Gasteiger partial charge in [0.05, 0.1) is 7.11 Å². The number of halogens is 5. The Labute approximate surface area is 185 Å². The number of benzene rings is 1. The minimum absolute atomic E-state index is 0.163. The van der Waals surface area contributed by atoms with Gasteiger partial charge in [-0.1, -0.05) is 19.1 Å². The van der Waals surface area contributed by atoms with E-state index >= 15 is 0 Å². The molecule has 2 amide bonds. The number of hydrogen-bond donors (Lipinski definition) is 2. The van der Waals surface area contributed by atoms with Crippen molar-refractivity contribution in [2.24, 2.45) is 11.7 Å². The average molecular weight is 473 g/mol. The van der Waals surface area contributed by atoms with Crippen molar-refractivity contribution in [3.05, 3.63) is 53.2 Å². The van der Waals surface area contributed by atoms with E-state index in [1.54, 1.807) is 0 Å². The van der Waals surface area contributed by atoms with Crippen molar-refractivity contribution in [3.8, 4) is 5.75 Å².